The fourth-order valence-electron chi connectivity index (χ4n) is 2.13. The summed E-state index contributed by atoms with van der Waals surface area (Å²) in [5.41, 5.74) is 2.42. The molecule has 116 valence electrons. The Morgan fingerprint density at radius 3 is 2.64 bits per heavy atom. The van der Waals surface area contributed by atoms with E-state index in [4.69, 9.17) is 0 Å². The van der Waals surface area contributed by atoms with Crippen molar-refractivity contribution in [2.24, 2.45) is 0 Å². The summed E-state index contributed by atoms with van der Waals surface area (Å²) in [4.78, 5) is 27.7. The van der Waals surface area contributed by atoms with Crippen molar-refractivity contribution in [1.29, 1.82) is 0 Å². The van der Waals surface area contributed by atoms with E-state index in [-0.39, 0.29) is 18.0 Å². The fourth-order valence-corrected chi connectivity index (χ4v) is 2.13. The predicted molar refractivity (Wildman–Crippen MR) is 86.9 cm³/mol. The zero-order valence-electron chi connectivity index (χ0n) is 13.0. The quantitative estimate of drug-likeness (QED) is 0.891. The Balaban J connectivity index is 1.95. The van der Waals surface area contributed by atoms with Crippen molar-refractivity contribution < 1.29 is 4.79 Å². The number of benzene rings is 1. The van der Waals surface area contributed by atoms with Crippen LogP contribution < -0.4 is 10.9 Å². The van der Waals surface area contributed by atoms with Gasteiger partial charge in [-0.2, -0.15) is 0 Å². The number of amides is 1. The number of carbonyl (C=O) groups excluding carboxylic acids is 1. The van der Waals surface area contributed by atoms with Crippen molar-refractivity contribution in [1.82, 2.24) is 9.55 Å². The number of hydrogen-bond donors (Lipinski definition) is 1. The Morgan fingerprint density at radius 1 is 1.27 bits per heavy atom. The highest BCUT2D eigenvalue weighted by Gasteiger charge is 2.05. The molecule has 1 heterocycles. The molecule has 0 saturated heterocycles. The SMILES string of the molecule is CCCCc1ccc(NC(=O)Cn2cnc(C)cc2=O)cc1. The molecule has 0 unspecified atom stereocenters. The molecule has 22 heavy (non-hydrogen) atoms. The first-order valence-corrected chi connectivity index (χ1v) is 7.50. The van der Waals surface area contributed by atoms with Crippen molar-refractivity contribution in [3.63, 3.8) is 0 Å². The molecule has 0 aliphatic rings. The van der Waals surface area contributed by atoms with Gasteiger partial charge in [-0.1, -0.05) is 25.5 Å². The Labute approximate surface area is 130 Å². The Hall–Kier alpha value is -2.43. The molecule has 0 spiro atoms. The second kappa shape index (κ2) is 7.54. The van der Waals surface area contributed by atoms with Crippen LogP contribution in [0.25, 0.3) is 0 Å². The monoisotopic (exact) mass is 299 g/mol. The number of anilines is 1. The first-order valence-electron chi connectivity index (χ1n) is 7.50. The van der Waals surface area contributed by atoms with E-state index in [1.807, 2.05) is 24.3 Å². The normalized spacial score (nSPS) is 10.5. The van der Waals surface area contributed by atoms with Crippen LogP contribution in [0.4, 0.5) is 5.69 Å². The molecule has 0 radical (unpaired) electrons. The zero-order chi connectivity index (χ0) is 15.9. The number of aryl methyl sites for hydroxylation is 2. The van der Waals surface area contributed by atoms with E-state index in [0.717, 1.165) is 24.9 Å². The molecule has 1 amide bonds. The summed E-state index contributed by atoms with van der Waals surface area (Å²) in [6.45, 7) is 3.87. The van der Waals surface area contributed by atoms with Crippen LogP contribution in [0, 0.1) is 6.92 Å². The molecule has 0 fully saturated rings. The third kappa shape index (κ3) is 4.55. The molecule has 0 saturated carbocycles. The minimum absolute atomic E-state index is 0.0380. The minimum atomic E-state index is -0.242. The van der Waals surface area contributed by atoms with Crippen LogP contribution in [0.15, 0.2) is 41.5 Å². The number of aromatic nitrogens is 2. The van der Waals surface area contributed by atoms with Gasteiger partial charge in [-0.25, -0.2) is 4.98 Å². The van der Waals surface area contributed by atoms with Gasteiger partial charge in [0.2, 0.25) is 5.91 Å². The van der Waals surface area contributed by atoms with Crippen LogP contribution in [0.5, 0.6) is 0 Å². The fraction of sp³-hybridized carbons (Fsp3) is 0.353. The van der Waals surface area contributed by atoms with Gasteiger partial charge in [-0.3, -0.25) is 14.2 Å². The van der Waals surface area contributed by atoms with E-state index in [1.54, 1.807) is 6.92 Å². The molecule has 5 nitrogen and oxygen atoms in total. The first kappa shape index (κ1) is 15.9. The third-order valence-electron chi connectivity index (χ3n) is 3.39. The summed E-state index contributed by atoms with van der Waals surface area (Å²) in [6.07, 6.45) is 4.77. The van der Waals surface area contributed by atoms with Crippen molar-refractivity contribution in [3.8, 4) is 0 Å². The molecule has 0 atom stereocenters. The van der Waals surface area contributed by atoms with Gasteiger partial charge in [0, 0.05) is 17.4 Å². The van der Waals surface area contributed by atoms with Gasteiger partial charge in [0.05, 0.1) is 6.33 Å². The van der Waals surface area contributed by atoms with Crippen molar-refractivity contribution in [3.05, 3.63) is 58.3 Å². The molecule has 0 aliphatic carbocycles. The summed E-state index contributed by atoms with van der Waals surface area (Å²) < 4.78 is 1.29. The van der Waals surface area contributed by atoms with E-state index >= 15 is 0 Å². The maximum Gasteiger partial charge on any atom is 0.253 e. The van der Waals surface area contributed by atoms with Crippen LogP contribution in [0.1, 0.15) is 31.0 Å². The highest BCUT2D eigenvalue weighted by atomic mass is 16.2. The summed E-state index contributed by atoms with van der Waals surface area (Å²) in [6, 6.07) is 9.23. The van der Waals surface area contributed by atoms with Gasteiger partial charge in [0.1, 0.15) is 6.54 Å². The molecular weight excluding hydrogens is 278 g/mol. The number of rotatable bonds is 6. The standard InChI is InChI=1S/C17H21N3O2/c1-3-4-5-14-6-8-15(9-7-14)19-16(21)11-20-12-18-13(2)10-17(20)22/h6-10,12H,3-5,11H2,1-2H3,(H,19,21). The topological polar surface area (TPSA) is 64.0 Å². The Kier molecular flexibility index (Phi) is 5.47. The molecule has 1 aromatic heterocycles. The van der Waals surface area contributed by atoms with E-state index in [9.17, 15) is 9.59 Å². The Bertz CT molecular complexity index is 690. The lowest BCUT2D eigenvalue weighted by atomic mass is 10.1. The molecule has 1 N–H and O–H groups in total. The number of unbranched alkanes of at least 4 members (excludes halogenated alkanes) is 1. The van der Waals surface area contributed by atoms with Gasteiger partial charge >= 0.3 is 0 Å². The number of hydrogen-bond acceptors (Lipinski definition) is 3. The average molecular weight is 299 g/mol. The number of nitrogens with one attached hydrogen (secondary N) is 1. The van der Waals surface area contributed by atoms with Crippen LogP contribution in [0.3, 0.4) is 0 Å². The van der Waals surface area contributed by atoms with Crippen molar-refractivity contribution in [2.45, 2.75) is 39.7 Å². The van der Waals surface area contributed by atoms with Gasteiger partial charge in [-0.05, 0) is 37.5 Å². The van der Waals surface area contributed by atoms with E-state index in [1.165, 1.54) is 22.5 Å². The maximum absolute atomic E-state index is 12.0. The molecule has 5 heteroatoms. The van der Waals surface area contributed by atoms with E-state index in [2.05, 4.69) is 17.2 Å². The summed E-state index contributed by atoms with van der Waals surface area (Å²) in [7, 11) is 0. The van der Waals surface area contributed by atoms with Gasteiger partial charge in [0.15, 0.2) is 0 Å². The second-order valence-electron chi connectivity index (χ2n) is 5.35. The summed E-state index contributed by atoms with van der Waals surface area (Å²) >= 11 is 0. The maximum atomic E-state index is 12.0. The largest absolute Gasteiger partial charge is 0.325 e. The van der Waals surface area contributed by atoms with E-state index in [0.29, 0.717) is 5.69 Å². The van der Waals surface area contributed by atoms with Gasteiger partial charge in [0.25, 0.3) is 5.56 Å². The van der Waals surface area contributed by atoms with Crippen LogP contribution >= 0.6 is 0 Å². The lowest BCUT2D eigenvalue weighted by Gasteiger charge is -2.08. The zero-order valence-corrected chi connectivity index (χ0v) is 13.0. The highest BCUT2D eigenvalue weighted by molar-refractivity contribution is 5.90. The number of nitrogens with zero attached hydrogens (tertiary/aromatic N) is 2. The average Bonchev–Trinajstić information content (AvgIpc) is 2.49. The molecule has 0 aliphatic heterocycles. The summed E-state index contributed by atoms with van der Waals surface area (Å²) in [5, 5.41) is 2.79. The van der Waals surface area contributed by atoms with Crippen molar-refractivity contribution >= 4 is 11.6 Å². The molecule has 2 aromatic rings. The molecule has 1 aromatic carbocycles. The number of carbonyl (C=O) groups is 1. The van der Waals surface area contributed by atoms with Gasteiger partial charge in [-0.15, -0.1) is 0 Å². The van der Waals surface area contributed by atoms with Crippen molar-refractivity contribution in [2.75, 3.05) is 5.32 Å². The van der Waals surface area contributed by atoms with Crippen LogP contribution in [-0.2, 0) is 17.8 Å². The predicted octanol–water partition coefficient (Wildman–Crippen LogP) is 2.53. The molecule has 0 bridgehead atoms. The lowest BCUT2D eigenvalue weighted by molar-refractivity contribution is -0.116. The second-order valence-corrected chi connectivity index (χ2v) is 5.35. The molecular formula is C17H21N3O2. The third-order valence-corrected chi connectivity index (χ3v) is 3.39. The lowest BCUT2D eigenvalue weighted by Crippen LogP contribution is -2.27. The first-order chi connectivity index (χ1) is 10.6. The van der Waals surface area contributed by atoms with E-state index < -0.39 is 0 Å². The minimum Gasteiger partial charge on any atom is -0.325 e. The van der Waals surface area contributed by atoms with Crippen LogP contribution in [0.2, 0.25) is 0 Å². The Morgan fingerprint density at radius 2 is 2.00 bits per heavy atom. The van der Waals surface area contributed by atoms with Gasteiger partial charge < -0.3 is 5.32 Å². The smallest absolute Gasteiger partial charge is 0.253 e. The summed E-state index contributed by atoms with van der Waals surface area (Å²) in [5.74, 6) is -0.242. The highest BCUT2D eigenvalue weighted by Crippen LogP contribution is 2.11. The molecule has 2 rings (SSSR count). The van der Waals surface area contributed by atoms with Crippen LogP contribution in [-0.4, -0.2) is 15.5 Å².